The molecule has 3 amide bonds. The van der Waals surface area contributed by atoms with Crippen LogP contribution >= 0.6 is 0 Å². The molecule has 3 aliphatic heterocycles. The molecule has 2 aromatic rings. The number of halogens is 1. The number of fused-ring (bicyclic) bond motifs is 1. The van der Waals surface area contributed by atoms with Crippen molar-refractivity contribution in [2.75, 3.05) is 55.6 Å². The van der Waals surface area contributed by atoms with Gasteiger partial charge in [-0.2, -0.15) is 5.10 Å². The number of hydrogen-bond donors (Lipinski definition) is 1. The molecule has 0 spiro atoms. The van der Waals surface area contributed by atoms with Crippen LogP contribution in [-0.2, 0) is 43.9 Å². The van der Waals surface area contributed by atoms with E-state index < -0.39 is 42.3 Å². The number of cyclic esters (lactones) is 1. The number of hydrogen-bond acceptors (Lipinski definition) is 11. The van der Waals surface area contributed by atoms with E-state index in [-0.39, 0.29) is 25.3 Å². The number of esters is 1. The third-order valence-electron chi connectivity index (χ3n) is 7.26. The van der Waals surface area contributed by atoms with E-state index in [1.807, 2.05) is 23.0 Å². The van der Waals surface area contributed by atoms with Gasteiger partial charge in [0.05, 0.1) is 43.2 Å². The van der Waals surface area contributed by atoms with E-state index in [1.165, 1.54) is 17.9 Å². The number of anilines is 2. The van der Waals surface area contributed by atoms with Crippen molar-refractivity contribution in [3.63, 3.8) is 0 Å². The van der Waals surface area contributed by atoms with E-state index in [1.54, 1.807) is 16.8 Å². The molecule has 0 aliphatic carbocycles. The number of benzene rings is 1. The van der Waals surface area contributed by atoms with Gasteiger partial charge < -0.3 is 24.4 Å². The Morgan fingerprint density at radius 1 is 1.21 bits per heavy atom. The largest absolute Gasteiger partial charge is 0.442 e. The van der Waals surface area contributed by atoms with Gasteiger partial charge in [-0.1, -0.05) is 0 Å². The molecule has 1 aromatic heterocycles. The van der Waals surface area contributed by atoms with Crippen molar-refractivity contribution in [2.24, 2.45) is 7.05 Å². The van der Waals surface area contributed by atoms with Gasteiger partial charge in [0.2, 0.25) is 12.2 Å². The molecule has 42 heavy (non-hydrogen) atoms. The maximum absolute atomic E-state index is 15.2. The first-order valence-corrected chi connectivity index (χ1v) is 13.7. The number of aromatic nitrogens is 2. The second-order valence-corrected chi connectivity index (χ2v) is 10.5. The van der Waals surface area contributed by atoms with Gasteiger partial charge in [-0.25, -0.2) is 18.9 Å². The summed E-state index contributed by atoms with van der Waals surface area (Å²) in [5, 5.41) is 7.57. The molecule has 2 fully saturated rings. The van der Waals surface area contributed by atoms with Crippen molar-refractivity contribution in [3.8, 4) is 0 Å². The molecule has 2 atom stereocenters. The maximum atomic E-state index is 15.2. The van der Waals surface area contributed by atoms with Gasteiger partial charge in [0.25, 0.3) is 0 Å². The first-order valence-electron chi connectivity index (χ1n) is 13.7. The van der Waals surface area contributed by atoms with Crippen LogP contribution in [0.25, 0.3) is 0 Å². The van der Waals surface area contributed by atoms with Crippen molar-refractivity contribution in [1.82, 2.24) is 24.9 Å². The normalized spacial score (nSPS) is 19.3. The average Bonchev–Trinajstić information content (AvgIpc) is 3.59. The van der Waals surface area contributed by atoms with Gasteiger partial charge in [-0.05, 0) is 18.2 Å². The van der Waals surface area contributed by atoms with E-state index in [9.17, 15) is 19.2 Å². The smallest absolute Gasteiger partial charge is 0.419 e. The topological polar surface area (TPSA) is 139 Å². The molecule has 1 N–H and O–H groups in total. The highest BCUT2D eigenvalue weighted by Gasteiger charge is 2.37. The van der Waals surface area contributed by atoms with Crippen LogP contribution in [0.3, 0.4) is 0 Å². The predicted octanol–water partition coefficient (Wildman–Crippen LogP) is 1.18. The number of nitrogens with one attached hydrogen (secondary N) is 1. The number of carbonyl (C=O) groups excluding carboxylic acids is 4. The van der Waals surface area contributed by atoms with E-state index in [2.05, 4.69) is 10.4 Å². The molecule has 226 valence electrons. The Bertz CT molecular complexity index is 1340. The van der Waals surface area contributed by atoms with Crippen molar-refractivity contribution in [1.29, 1.82) is 0 Å². The lowest BCUT2D eigenvalue weighted by molar-refractivity contribution is -0.167. The van der Waals surface area contributed by atoms with Crippen molar-refractivity contribution < 1.29 is 37.8 Å². The van der Waals surface area contributed by atoms with Gasteiger partial charge in [0, 0.05) is 65.4 Å². The summed E-state index contributed by atoms with van der Waals surface area (Å²) >= 11 is 0. The van der Waals surface area contributed by atoms with Crippen LogP contribution in [0.5, 0.6) is 0 Å². The van der Waals surface area contributed by atoms with Crippen LogP contribution in [0.1, 0.15) is 25.1 Å². The fourth-order valence-electron chi connectivity index (χ4n) is 5.25. The summed E-state index contributed by atoms with van der Waals surface area (Å²) in [7, 11) is 1.84. The minimum Gasteiger partial charge on any atom is -0.442 e. The monoisotopic (exact) mass is 587 g/mol. The summed E-state index contributed by atoms with van der Waals surface area (Å²) in [6, 6.07) is 4.47. The number of piperazine rings is 1. The molecule has 5 rings (SSSR count). The van der Waals surface area contributed by atoms with Gasteiger partial charge in [-0.15, -0.1) is 0 Å². The fraction of sp³-hybridized carbons (Fsp3) is 0.519. The standard InChI is InChI=1S/C27H34FN7O7/c1-17(36)34(26(38)41-18(2)40-25(37)16-32-8-6-29-7-9-32)13-21-14-35(27(39)42-21)20-4-5-24(22(28)10-20)33-12-19-11-31(3)30-23(19)15-33/h4-5,10-11,18,21,29H,6-9,12-16H2,1-3H3. The van der Waals surface area contributed by atoms with E-state index in [0.717, 1.165) is 36.2 Å². The van der Waals surface area contributed by atoms with Crippen molar-refractivity contribution in [2.45, 2.75) is 39.3 Å². The summed E-state index contributed by atoms with van der Waals surface area (Å²) < 4.78 is 32.6. The minimum atomic E-state index is -1.24. The summed E-state index contributed by atoms with van der Waals surface area (Å²) in [5.74, 6) is -1.71. The van der Waals surface area contributed by atoms with Crippen molar-refractivity contribution in [3.05, 3.63) is 41.5 Å². The van der Waals surface area contributed by atoms with Gasteiger partial charge in [0.1, 0.15) is 11.9 Å². The van der Waals surface area contributed by atoms with Gasteiger partial charge in [0.15, 0.2) is 0 Å². The Kier molecular flexibility index (Phi) is 8.59. The molecule has 0 saturated carbocycles. The Balaban J connectivity index is 1.15. The van der Waals surface area contributed by atoms with Crippen LogP contribution in [0.4, 0.5) is 25.4 Å². The third kappa shape index (κ3) is 6.62. The molecule has 14 nitrogen and oxygen atoms in total. The molecule has 4 heterocycles. The second-order valence-electron chi connectivity index (χ2n) is 10.5. The van der Waals surface area contributed by atoms with E-state index >= 15 is 4.39 Å². The minimum absolute atomic E-state index is 0.0242. The zero-order chi connectivity index (χ0) is 30.0. The Morgan fingerprint density at radius 2 is 1.98 bits per heavy atom. The Morgan fingerprint density at radius 3 is 2.67 bits per heavy atom. The van der Waals surface area contributed by atoms with Crippen molar-refractivity contribution >= 4 is 35.4 Å². The highest BCUT2D eigenvalue weighted by molar-refractivity contribution is 5.92. The molecular formula is C27H34FN7O7. The lowest BCUT2D eigenvalue weighted by atomic mass is 10.2. The fourth-order valence-corrected chi connectivity index (χ4v) is 5.25. The number of ether oxygens (including phenoxy) is 3. The first-order chi connectivity index (χ1) is 20.1. The van der Waals surface area contributed by atoms with Crippen LogP contribution < -0.4 is 15.1 Å². The number of carbonyl (C=O) groups is 4. The average molecular weight is 588 g/mol. The zero-order valence-corrected chi connectivity index (χ0v) is 23.7. The summed E-state index contributed by atoms with van der Waals surface area (Å²) in [6.45, 7) is 6.20. The molecular weight excluding hydrogens is 553 g/mol. The molecule has 0 radical (unpaired) electrons. The van der Waals surface area contributed by atoms with Gasteiger partial charge in [-0.3, -0.25) is 24.1 Å². The quantitative estimate of drug-likeness (QED) is 0.352. The second kappa shape index (κ2) is 12.3. The summed E-state index contributed by atoms with van der Waals surface area (Å²) in [5.41, 5.74) is 2.59. The lowest BCUT2D eigenvalue weighted by Crippen LogP contribution is -2.46. The lowest BCUT2D eigenvalue weighted by Gasteiger charge is -2.27. The van der Waals surface area contributed by atoms with Crippen LogP contribution in [0, 0.1) is 5.82 Å². The molecule has 15 heteroatoms. The Hall–Kier alpha value is -4.24. The van der Waals surface area contributed by atoms with E-state index in [0.29, 0.717) is 31.9 Å². The molecule has 1 aromatic carbocycles. The highest BCUT2D eigenvalue weighted by atomic mass is 19.1. The highest BCUT2D eigenvalue weighted by Crippen LogP contribution is 2.32. The number of nitrogens with zero attached hydrogens (tertiary/aromatic N) is 6. The zero-order valence-electron chi connectivity index (χ0n) is 23.7. The number of aryl methyl sites for hydroxylation is 1. The molecule has 0 bridgehead atoms. The van der Waals surface area contributed by atoms with Crippen LogP contribution in [0.15, 0.2) is 24.4 Å². The summed E-state index contributed by atoms with van der Waals surface area (Å²) in [4.78, 5) is 55.6. The summed E-state index contributed by atoms with van der Waals surface area (Å²) in [6.07, 6.45) is -2.00. The van der Waals surface area contributed by atoms with E-state index in [4.69, 9.17) is 14.2 Å². The molecule has 3 aliphatic rings. The number of rotatable bonds is 8. The maximum Gasteiger partial charge on any atom is 0.419 e. The van der Waals surface area contributed by atoms with Crippen LogP contribution in [0.2, 0.25) is 0 Å². The Labute approximate surface area is 241 Å². The predicted molar refractivity (Wildman–Crippen MR) is 146 cm³/mol. The van der Waals surface area contributed by atoms with Crippen LogP contribution in [-0.4, -0.2) is 102 Å². The molecule has 2 saturated heterocycles. The molecule has 2 unspecified atom stereocenters. The number of amides is 3. The number of imide groups is 1. The van der Waals surface area contributed by atoms with Gasteiger partial charge >= 0.3 is 18.2 Å². The first kappa shape index (κ1) is 29.3. The third-order valence-corrected chi connectivity index (χ3v) is 7.26. The SMILES string of the molecule is CC(=O)N(CC1CN(c2ccc(N3Cc4cn(C)nc4C3)c(F)c2)C(=O)O1)C(=O)OC(C)OC(=O)CN1CCNCC1.